The molecule has 3 heterocycles. The zero-order valence-corrected chi connectivity index (χ0v) is 15.5. The van der Waals surface area contributed by atoms with E-state index in [4.69, 9.17) is 9.73 Å². The molecule has 1 aromatic heterocycles. The van der Waals surface area contributed by atoms with Gasteiger partial charge in [0, 0.05) is 30.4 Å². The molecule has 0 bridgehead atoms. The summed E-state index contributed by atoms with van der Waals surface area (Å²) in [4.78, 5) is 24.2. The van der Waals surface area contributed by atoms with Crippen LogP contribution >= 0.6 is 0 Å². The average molecular weight is 369 g/mol. The third kappa shape index (κ3) is 3.22. The molecular formula is C19H23N5O3. The number of ether oxygens (including phenoxy) is 1. The fraction of sp³-hybridized carbons (Fsp3) is 0.421. The number of aromatic hydroxyl groups is 1. The zero-order chi connectivity index (χ0) is 19.0. The summed E-state index contributed by atoms with van der Waals surface area (Å²) < 4.78 is 6.76. The van der Waals surface area contributed by atoms with E-state index in [1.54, 1.807) is 25.1 Å². The van der Waals surface area contributed by atoms with Crippen LogP contribution in [-0.4, -0.2) is 45.7 Å². The van der Waals surface area contributed by atoms with Gasteiger partial charge in [-0.15, -0.1) is 0 Å². The van der Waals surface area contributed by atoms with Gasteiger partial charge in [0.25, 0.3) is 5.56 Å². The van der Waals surface area contributed by atoms with Crippen molar-refractivity contribution in [3.63, 3.8) is 0 Å². The summed E-state index contributed by atoms with van der Waals surface area (Å²) >= 11 is 0. The number of benzene rings is 1. The topological polar surface area (TPSA) is 92.0 Å². The Labute approximate surface area is 157 Å². The number of aromatic nitrogens is 2. The van der Waals surface area contributed by atoms with Gasteiger partial charge >= 0.3 is 0 Å². The van der Waals surface area contributed by atoms with Crippen molar-refractivity contribution in [2.24, 2.45) is 4.99 Å². The maximum Gasteiger partial charge on any atom is 0.257 e. The molecule has 1 atom stereocenters. The number of piperidine rings is 1. The fourth-order valence-corrected chi connectivity index (χ4v) is 3.58. The van der Waals surface area contributed by atoms with Gasteiger partial charge in [0.05, 0.1) is 7.11 Å². The molecule has 8 nitrogen and oxygen atoms in total. The second-order valence-electron chi connectivity index (χ2n) is 6.86. The third-order valence-electron chi connectivity index (χ3n) is 4.95. The van der Waals surface area contributed by atoms with Crippen LogP contribution < -0.4 is 15.6 Å². The van der Waals surface area contributed by atoms with Gasteiger partial charge < -0.3 is 14.7 Å². The average Bonchev–Trinajstić information content (AvgIpc) is 2.68. The van der Waals surface area contributed by atoms with Crippen molar-refractivity contribution in [2.75, 3.05) is 25.5 Å². The molecule has 8 heteroatoms. The molecule has 4 rings (SSSR count). The summed E-state index contributed by atoms with van der Waals surface area (Å²) in [7, 11) is 1.49. The lowest BCUT2D eigenvalue weighted by atomic mass is 10.1. The van der Waals surface area contributed by atoms with Crippen molar-refractivity contribution in [1.82, 2.24) is 14.5 Å². The molecule has 142 valence electrons. The van der Waals surface area contributed by atoms with Crippen molar-refractivity contribution in [2.45, 2.75) is 32.4 Å². The molecule has 1 fully saturated rings. The summed E-state index contributed by atoms with van der Waals surface area (Å²) in [6.45, 7) is 3.65. The minimum Gasteiger partial charge on any atom is -0.504 e. The van der Waals surface area contributed by atoms with Gasteiger partial charge in [-0.05, 0) is 38.3 Å². The van der Waals surface area contributed by atoms with Crippen LogP contribution in [0, 0.1) is 6.92 Å². The molecule has 2 aliphatic rings. The molecule has 2 N–H and O–H groups in total. The Bertz CT molecular complexity index is 947. The molecule has 0 aliphatic carbocycles. The minimum atomic E-state index is -0.576. The molecule has 0 spiro atoms. The van der Waals surface area contributed by atoms with E-state index in [2.05, 4.69) is 15.2 Å². The Morgan fingerprint density at radius 3 is 2.74 bits per heavy atom. The molecule has 0 unspecified atom stereocenters. The number of hydrogen-bond acceptors (Lipinski definition) is 7. The van der Waals surface area contributed by atoms with Crippen LogP contribution in [0.15, 0.2) is 34.1 Å². The summed E-state index contributed by atoms with van der Waals surface area (Å²) in [6, 6.07) is 6.51. The maximum absolute atomic E-state index is 12.7. The van der Waals surface area contributed by atoms with E-state index >= 15 is 0 Å². The van der Waals surface area contributed by atoms with E-state index in [9.17, 15) is 9.90 Å². The Morgan fingerprint density at radius 1 is 1.22 bits per heavy atom. The lowest BCUT2D eigenvalue weighted by Gasteiger charge is -2.34. The first-order chi connectivity index (χ1) is 13.1. The summed E-state index contributed by atoms with van der Waals surface area (Å²) in [6.07, 6.45) is 2.88. The minimum absolute atomic E-state index is 0.0463. The number of fused-ring (bicyclic) bond motifs is 1. The lowest BCUT2D eigenvalue weighted by Crippen LogP contribution is -2.45. The maximum atomic E-state index is 12.7. The quantitative estimate of drug-likeness (QED) is 0.842. The van der Waals surface area contributed by atoms with Gasteiger partial charge in [-0.25, -0.2) is 9.98 Å². The number of aliphatic imine (C=N–C) groups is 1. The summed E-state index contributed by atoms with van der Waals surface area (Å²) in [5.74, 6) is 1.59. The molecule has 0 amide bonds. The first kappa shape index (κ1) is 17.4. The number of anilines is 1. The molecule has 2 aliphatic heterocycles. The number of phenolic OH excluding ortho intramolecular Hbond substituents is 1. The Morgan fingerprint density at radius 2 is 2.00 bits per heavy atom. The molecule has 0 radical (unpaired) electrons. The number of rotatable bonds is 2. The zero-order valence-electron chi connectivity index (χ0n) is 15.5. The van der Waals surface area contributed by atoms with Gasteiger partial charge in [0.2, 0.25) is 11.9 Å². The van der Waals surface area contributed by atoms with Crippen LogP contribution in [0.2, 0.25) is 0 Å². The van der Waals surface area contributed by atoms with Gasteiger partial charge in [-0.2, -0.15) is 0 Å². The molecule has 2 aromatic rings. The van der Waals surface area contributed by atoms with E-state index in [0.717, 1.165) is 37.5 Å². The number of phenols is 1. The molecule has 1 saturated heterocycles. The number of likely N-dealkylation sites (tertiary alicyclic amines) is 1. The van der Waals surface area contributed by atoms with Crippen LogP contribution in [0.5, 0.6) is 11.5 Å². The van der Waals surface area contributed by atoms with E-state index in [-0.39, 0.29) is 11.3 Å². The van der Waals surface area contributed by atoms with Crippen LogP contribution in [0.4, 0.5) is 5.95 Å². The van der Waals surface area contributed by atoms with E-state index < -0.39 is 6.17 Å². The number of nitrogens with one attached hydrogen (secondary N) is 1. The highest BCUT2D eigenvalue weighted by atomic mass is 16.5. The number of hydrogen-bond donors (Lipinski definition) is 2. The van der Waals surface area contributed by atoms with Crippen LogP contribution in [-0.2, 0) is 0 Å². The van der Waals surface area contributed by atoms with Gasteiger partial charge in [-0.1, -0.05) is 6.07 Å². The number of methoxy groups -OCH3 is 1. The van der Waals surface area contributed by atoms with Crippen molar-refractivity contribution < 1.29 is 9.84 Å². The number of aryl methyl sites for hydroxylation is 1. The third-order valence-corrected chi connectivity index (χ3v) is 4.95. The SMILES string of the molecule is COc1cc([C@@H]2N=C(N3CCCCC3)Nc3nc(C)cc(=O)n32)ccc1O. The second kappa shape index (κ2) is 6.94. The predicted octanol–water partition coefficient (Wildman–Crippen LogP) is 2.08. The van der Waals surface area contributed by atoms with Gasteiger partial charge in [0.1, 0.15) is 0 Å². The lowest BCUT2D eigenvalue weighted by molar-refractivity contribution is 0.335. The number of nitrogens with zero attached hydrogens (tertiary/aromatic N) is 4. The first-order valence-corrected chi connectivity index (χ1v) is 9.13. The Balaban J connectivity index is 1.84. The monoisotopic (exact) mass is 369 g/mol. The number of guanidine groups is 1. The first-order valence-electron chi connectivity index (χ1n) is 9.13. The highest BCUT2D eigenvalue weighted by Crippen LogP contribution is 2.33. The largest absolute Gasteiger partial charge is 0.504 e. The Hall–Kier alpha value is -3.03. The van der Waals surface area contributed by atoms with E-state index in [1.807, 2.05) is 0 Å². The van der Waals surface area contributed by atoms with E-state index in [0.29, 0.717) is 17.4 Å². The Kier molecular flexibility index (Phi) is 4.47. The van der Waals surface area contributed by atoms with Crippen molar-refractivity contribution in [1.29, 1.82) is 0 Å². The smallest absolute Gasteiger partial charge is 0.257 e. The van der Waals surface area contributed by atoms with Gasteiger partial charge in [0.15, 0.2) is 17.7 Å². The van der Waals surface area contributed by atoms with Gasteiger partial charge in [-0.3, -0.25) is 14.7 Å². The predicted molar refractivity (Wildman–Crippen MR) is 103 cm³/mol. The molecule has 0 saturated carbocycles. The van der Waals surface area contributed by atoms with Crippen LogP contribution in [0.1, 0.15) is 36.7 Å². The molecule has 1 aromatic carbocycles. The standard InChI is InChI=1S/C19H23N5O3/c1-12-10-16(26)24-17(13-6-7-14(25)15(11-13)27-2)21-18(22-19(24)20-12)23-8-4-3-5-9-23/h6-7,10-11,17,25H,3-5,8-9H2,1-2H3,(H,20,21,22)/t17-/m1/s1. The summed E-state index contributed by atoms with van der Waals surface area (Å²) in [5, 5.41) is 13.1. The fourth-order valence-electron chi connectivity index (χ4n) is 3.58. The highest BCUT2D eigenvalue weighted by molar-refractivity contribution is 5.93. The normalized spacial score (nSPS) is 19.1. The van der Waals surface area contributed by atoms with Crippen molar-refractivity contribution in [3.8, 4) is 11.5 Å². The second-order valence-corrected chi connectivity index (χ2v) is 6.86. The van der Waals surface area contributed by atoms with Crippen LogP contribution in [0.25, 0.3) is 0 Å². The van der Waals surface area contributed by atoms with E-state index in [1.165, 1.54) is 24.2 Å². The molecular weight excluding hydrogens is 346 g/mol. The van der Waals surface area contributed by atoms with Crippen molar-refractivity contribution in [3.05, 3.63) is 45.9 Å². The summed E-state index contributed by atoms with van der Waals surface area (Å²) in [5.41, 5.74) is 1.22. The molecule has 27 heavy (non-hydrogen) atoms. The van der Waals surface area contributed by atoms with Crippen molar-refractivity contribution >= 4 is 11.9 Å². The van der Waals surface area contributed by atoms with Crippen LogP contribution in [0.3, 0.4) is 0 Å². The highest BCUT2D eigenvalue weighted by Gasteiger charge is 2.28.